The number of hydrogen-bond donors (Lipinski definition) is 1. The van der Waals surface area contributed by atoms with Crippen LogP contribution in [0.5, 0.6) is 5.75 Å². The van der Waals surface area contributed by atoms with Crippen LogP contribution in [0.1, 0.15) is 15.9 Å². The van der Waals surface area contributed by atoms with E-state index in [1.807, 2.05) is 0 Å². The summed E-state index contributed by atoms with van der Waals surface area (Å²) in [5.41, 5.74) is 0.240. The van der Waals surface area contributed by atoms with Gasteiger partial charge in [-0.2, -0.15) is 5.26 Å². The zero-order valence-corrected chi connectivity index (χ0v) is 7.98. The summed E-state index contributed by atoms with van der Waals surface area (Å²) in [5.74, 6) is -0.461. The number of nitrogens with zero attached hydrogens (tertiary/aromatic N) is 2. The van der Waals surface area contributed by atoms with Crippen molar-refractivity contribution in [1.29, 1.82) is 5.26 Å². The Labute approximate surface area is 82.0 Å². The van der Waals surface area contributed by atoms with Gasteiger partial charge in [0.1, 0.15) is 17.4 Å². The predicted octanol–water partition coefficient (Wildman–Crippen LogP) is 0.966. The summed E-state index contributed by atoms with van der Waals surface area (Å²) in [6.07, 6.45) is 0. The van der Waals surface area contributed by atoms with Crippen LogP contribution in [0.4, 0.5) is 0 Å². The first-order chi connectivity index (χ1) is 6.57. The molecule has 1 rings (SSSR count). The Morgan fingerprint density at radius 2 is 2.14 bits per heavy atom. The van der Waals surface area contributed by atoms with E-state index >= 15 is 0 Å². The molecule has 0 atom stereocenters. The number of rotatable bonds is 1. The van der Waals surface area contributed by atoms with Gasteiger partial charge in [-0.05, 0) is 12.1 Å². The molecule has 1 N–H and O–H groups in total. The van der Waals surface area contributed by atoms with Crippen LogP contribution < -0.4 is 0 Å². The van der Waals surface area contributed by atoms with Crippen molar-refractivity contribution in [3.05, 3.63) is 29.3 Å². The van der Waals surface area contributed by atoms with Crippen LogP contribution in [0, 0.1) is 11.3 Å². The molecule has 0 saturated carbocycles. The maximum Gasteiger partial charge on any atom is 0.254 e. The summed E-state index contributed by atoms with van der Waals surface area (Å²) in [6, 6.07) is 6.23. The Kier molecular flexibility index (Phi) is 2.73. The van der Waals surface area contributed by atoms with E-state index in [1.54, 1.807) is 20.2 Å². The van der Waals surface area contributed by atoms with Crippen LogP contribution in [0.15, 0.2) is 18.2 Å². The molecule has 0 aliphatic carbocycles. The number of benzene rings is 1. The lowest BCUT2D eigenvalue weighted by Crippen LogP contribution is -2.22. The predicted molar refractivity (Wildman–Crippen MR) is 50.8 cm³/mol. The maximum absolute atomic E-state index is 11.5. The van der Waals surface area contributed by atoms with E-state index in [1.165, 1.54) is 23.1 Å². The Morgan fingerprint density at radius 1 is 1.50 bits per heavy atom. The van der Waals surface area contributed by atoms with Crippen molar-refractivity contribution in [2.45, 2.75) is 0 Å². The minimum atomic E-state index is -0.294. The second-order valence-corrected chi connectivity index (χ2v) is 3.01. The molecule has 0 aliphatic heterocycles. The summed E-state index contributed by atoms with van der Waals surface area (Å²) in [6.45, 7) is 0. The zero-order valence-electron chi connectivity index (χ0n) is 7.98. The number of phenols is 1. The van der Waals surface area contributed by atoms with Crippen molar-refractivity contribution < 1.29 is 9.90 Å². The third-order valence-corrected chi connectivity index (χ3v) is 1.79. The van der Waals surface area contributed by atoms with Crippen LogP contribution in [-0.4, -0.2) is 30.0 Å². The van der Waals surface area contributed by atoms with Gasteiger partial charge in [0.15, 0.2) is 0 Å². The van der Waals surface area contributed by atoms with Crippen LogP contribution in [0.3, 0.4) is 0 Å². The molecule has 1 aromatic rings. The third-order valence-electron chi connectivity index (χ3n) is 1.79. The molecular weight excluding hydrogens is 180 g/mol. The Hall–Kier alpha value is -2.02. The number of carbonyl (C=O) groups is 1. The molecule has 0 radical (unpaired) electrons. The standard InChI is InChI=1S/C10H10N2O2/c1-12(2)10(14)7-4-3-5-9(13)8(7)6-11/h3-5,13H,1-2H3. The highest BCUT2D eigenvalue weighted by molar-refractivity contribution is 5.97. The van der Waals surface area contributed by atoms with E-state index in [4.69, 9.17) is 5.26 Å². The van der Waals surface area contributed by atoms with Crippen LogP contribution in [0.2, 0.25) is 0 Å². The molecule has 1 aromatic carbocycles. The maximum atomic E-state index is 11.5. The van der Waals surface area contributed by atoms with Gasteiger partial charge in [0.25, 0.3) is 5.91 Å². The minimum absolute atomic E-state index is 0.0196. The molecule has 0 heterocycles. The van der Waals surface area contributed by atoms with Gasteiger partial charge >= 0.3 is 0 Å². The number of nitriles is 1. The molecule has 72 valence electrons. The van der Waals surface area contributed by atoms with Crippen LogP contribution in [-0.2, 0) is 0 Å². The Bertz CT molecular complexity index is 405. The lowest BCUT2D eigenvalue weighted by Gasteiger charge is -2.11. The SMILES string of the molecule is CN(C)C(=O)c1cccc(O)c1C#N. The normalized spacial score (nSPS) is 9.21. The fourth-order valence-corrected chi connectivity index (χ4v) is 1.08. The quantitative estimate of drug-likeness (QED) is 0.717. The van der Waals surface area contributed by atoms with Gasteiger partial charge in [0, 0.05) is 14.1 Å². The first-order valence-electron chi connectivity index (χ1n) is 4.01. The van der Waals surface area contributed by atoms with Gasteiger partial charge in [-0.15, -0.1) is 0 Å². The molecule has 0 unspecified atom stereocenters. The molecule has 0 fully saturated rings. The van der Waals surface area contributed by atoms with E-state index in [-0.39, 0.29) is 22.8 Å². The smallest absolute Gasteiger partial charge is 0.254 e. The lowest BCUT2D eigenvalue weighted by atomic mass is 10.1. The number of phenolic OH excluding ortho intramolecular Hbond substituents is 1. The lowest BCUT2D eigenvalue weighted by molar-refractivity contribution is 0.0827. The largest absolute Gasteiger partial charge is 0.507 e. The first-order valence-corrected chi connectivity index (χ1v) is 4.01. The minimum Gasteiger partial charge on any atom is -0.507 e. The van der Waals surface area contributed by atoms with Crippen LogP contribution in [0.25, 0.3) is 0 Å². The van der Waals surface area contributed by atoms with Crippen molar-refractivity contribution >= 4 is 5.91 Å². The van der Waals surface area contributed by atoms with E-state index in [0.29, 0.717) is 0 Å². The van der Waals surface area contributed by atoms with Crippen molar-refractivity contribution in [2.75, 3.05) is 14.1 Å². The summed E-state index contributed by atoms with van der Waals surface area (Å²) >= 11 is 0. The van der Waals surface area contributed by atoms with Crippen molar-refractivity contribution in [3.8, 4) is 11.8 Å². The summed E-state index contributed by atoms with van der Waals surface area (Å²) in [5, 5.41) is 18.1. The van der Waals surface area contributed by atoms with Crippen molar-refractivity contribution in [2.24, 2.45) is 0 Å². The van der Waals surface area contributed by atoms with E-state index in [9.17, 15) is 9.90 Å². The molecule has 4 nitrogen and oxygen atoms in total. The Balaban J connectivity index is 3.29. The van der Waals surface area contributed by atoms with Crippen molar-refractivity contribution in [1.82, 2.24) is 4.90 Å². The number of carbonyl (C=O) groups excluding carboxylic acids is 1. The van der Waals surface area contributed by atoms with Gasteiger partial charge in [-0.1, -0.05) is 6.07 Å². The zero-order chi connectivity index (χ0) is 10.7. The molecule has 1 amide bonds. The fourth-order valence-electron chi connectivity index (χ4n) is 1.08. The molecule has 0 spiro atoms. The van der Waals surface area contributed by atoms with Crippen molar-refractivity contribution in [3.63, 3.8) is 0 Å². The second kappa shape index (κ2) is 3.79. The summed E-state index contributed by atoms with van der Waals surface area (Å²) in [7, 11) is 3.18. The van der Waals surface area contributed by atoms with Gasteiger partial charge in [0.05, 0.1) is 5.56 Å². The average Bonchev–Trinajstić information content (AvgIpc) is 2.16. The van der Waals surface area contributed by atoms with Gasteiger partial charge < -0.3 is 10.0 Å². The molecule has 0 aliphatic rings. The molecule has 0 bridgehead atoms. The molecule has 0 saturated heterocycles. The molecule has 4 heteroatoms. The molecular formula is C10H10N2O2. The van der Waals surface area contributed by atoms with Crippen LogP contribution >= 0.6 is 0 Å². The summed E-state index contributed by atoms with van der Waals surface area (Å²) < 4.78 is 0. The van der Waals surface area contributed by atoms with E-state index in [2.05, 4.69) is 0 Å². The highest BCUT2D eigenvalue weighted by Gasteiger charge is 2.15. The molecule has 14 heavy (non-hydrogen) atoms. The number of aromatic hydroxyl groups is 1. The fraction of sp³-hybridized carbons (Fsp3) is 0.200. The monoisotopic (exact) mass is 190 g/mol. The summed E-state index contributed by atoms with van der Waals surface area (Å²) in [4.78, 5) is 12.9. The molecule has 0 aromatic heterocycles. The Morgan fingerprint density at radius 3 is 2.64 bits per heavy atom. The third kappa shape index (κ3) is 1.67. The van der Waals surface area contributed by atoms with Gasteiger partial charge in [-0.3, -0.25) is 4.79 Å². The second-order valence-electron chi connectivity index (χ2n) is 3.01. The van der Waals surface area contributed by atoms with Gasteiger partial charge in [0.2, 0.25) is 0 Å². The number of amides is 1. The topological polar surface area (TPSA) is 64.3 Å². The highest BCUT2D eigenvalue weighted by Crippen LogP contribution is 2.20. The first kappa shape index (κ1) is 10.1. The number of hydrogen-bond acceptors (Lipinski definition) is 3. The highest BCUT2D eigenvalue weighted by atomic mass is 16.3. The average molecular weight is 190 g/mol. The van der Waals surface area contributed by atoms with E-state index in [0.717, 1.165) is 0 Å². The van der Waals surface area contributed by atoms with Gasteiger partial charge in [-0.25, -0.2) is 0 Å². The van der Waals surface area contributed by atoms with E-state index < -0.39 is 0 Å².